The molecule has 3 aromatic carbocycles. The monoisotopic (exact) mass is 522 g/mol. The molecular formula is C24H24Cl2N2O5S. The summed E-state index contributed by atoms with van der Waals surface area (Å²) >= 11 is 12.3. The highest BCUT2D eigenvalue weighted by Gasteiger charge is 2.21. The Bertz CT molecular complexity index is 1280. The minimum absolute atomic E-state index is 0.0342. The van der Waals surface area contributed by atoms with Crippen molar-refractivity contribution >= 4 is 44.8 Å². The van der Waals surface area contributed by atoms with Gasteiger partial charge in [-0.25, -0.2) is 8.42 Å². The van der Waals surface area contributed by atoms with Gasteiger partial charge in [-0.2, -0.15) is 0 Å². The van der Waals surface area contributed by atoms with Crippen molar-refractivity contribution in [3.63, 3.8) is 0 Å². The lowest BCUT2D eigenvalue weighted by Crippen LogP contribution is -2.29. The Balaban J connectivity index is 1.71. The Hall–Kier alpha value is -2.94. The number of nitrogens with one attached hydrogen (secondary N) is 1. The van der Waals surface area contributed by atoms with Crippen LogP contribution in [0.15, 0.2) is 60.7 Å². The maximum Gasteiger partial charge on any atom is 0.251 e. The highest BCUT2D eigenvalue weighted by Crippen LogP contribution is 2.34. The average Bonchev–Trinajstić information content (AvgIpc) is 2.82. The van der Waals surface area contributed by atoms with E-state index in [-0.39, 0.29) is 28.2 Å². The number of anilines is 1. The molecule has 0 radical (unpaired) electrons. The lowest BCUT2D eigenvalue weighted by atomic mass is 10.1. The Morgan fingerprint density at radius 3 is 2.21 bits per heavy atom. The second-order valence-corrected chi connectivity index (χ2v) is 10.1. The van der Waals surface area contributed by atoms with Crippen molar-refractivity contribution in [2.45, 2.75) is 13.1 Å². The lowest BCUT2D eigenvalue weighted by molar-refractivity contribution is 0.0951. The van der Waals surface area contributed by atoms with Gasteiger partial charge in [0.25, 0.3) is 5.91 Å². The summed E-state index contributed by atoms with van der Waals surface area (Å²) in [5.74, 6) is 0.920. The fraction of sp³-hybridized carbons (Fsp3) is 0.208. The third-order valence-electron chi connectivity index (χ3n) is 5.04. The topological polar surface area (TPSA) is 84.9 Å². The fourth-order valence-corrected chi connectivity index (χ4v) is 4.61. The zero-order valence-corrected chi connectivity index (χ0v) is 21.2. The van der Waals surface area contributed by atoms with Crippen LogP contribution in [0.1, 0.15) is 21.5 Å². The number of methoxy groups -OCH3 is 2. The Morgan fingerprint density at radius 2 is 1.59 bits per heavy atom. The maximum atomic E-state index is 12.6. The van der Waals surface area contributed by atoms with Gasteiger partial charge in [-0.3, -0.25) is 9.10 Å². The molecule has 0 aliphatic heterocycles. The molecule has 0 saturated heterocycles. The quantitative estimate of drug-likeness (QED) is 0.431. The van der Waals surface area contributed by atoms with Gasteiger partial charge in [0.2, 0.25) is 10.0 Å². The van der Waals surface area contributed by atoms with Gasteiger partial charge < -0.3 is 14.8 Å². The van der Waals surface area contributed by atoms with Crippen LogP contribution in [-0.2, 0) is 23.1 Å². The van der Waals surface area contributed by atoms with Crippen LogP contribution in [0.4, 0.5) is 5.69 Å². The van der Waals surface area contributed by atoms with E-state index in [9.17, 15) is 13.2 Å². The highest BCUT2D eigenvalue weighted by molar-refractivity contribution is 7.92. The van der Waals surface area contributed by atoms with Crippen molar-refractivity contribution in [1.82, 2.24) is 5.32 Å². The summed E-state index contributed by atoms with van der Waals surface area (Å²) in [6, 6.07) is 16.9. The second-order valence-electron chi connectivity index (χ2n) is 7.41. The molecule has 0 atom stereocenters. The summed E-state index contributed by atoms with van der Waals surface area (Å²) in [5.41, 5.74) is 2.26. The van der Waals surface area contributed by atoms with Crippen molar-refractivity contribution < 1.29 is 22.7 Å². The van der Waals surface area contributed by atoms with E-state index in [1.165, 1.54) is 4.31 Å². The number of rotatable bonds is 9. The van der Waals surface area contributed by atoms with Gasteiger partial charge in [0.05, 0.1) is 42.8 Å². The van der Waals surface area contributed by atoms with Crippen molar-refractivity contribution in [3.05, 3.63) is 87.4 Å². The number of ether oxygens (including phenoxy) is 2. The third-order valence-corrected chi connectivity index (χ3v) is 6.98. The van der Waals surface area contributed by atoms with E-state index < -0.39 is 10.0 Å². The van der Waals surface area contributed by atoms with Crippen LogP contribution in [0.5, 0.6) is 11.5 Å². The van der Waals surface area contributed by atoms with E-state index in [1.54, 1.807) is 68.8 Å². The largest absolute Gasteiger partial charge is 0.493 e. The molecule has 0 fully saturated rings. The van der Waals surface area contributed by atoms with Gasteiger partial charge in [0.15, 0.2) is 11.5 Å². The zero-order chi connectivity index (χ0) is 24.9. The van der Waals surface area contributed by atoms with Gasteiger partial charge in [0.1, 0.15) is 0 Å². The Labute approximate surface area is 209 Å². The van der Waals surface area contributed by atoms with E-state index >= 15 is 0 Å². The average molecular weight is 523 g/mol. The van der Waals surface area contributed by atoms with Gasteiger partial charge >= 0.3 is 0 Å². The number of nitrogens with zero attached hydrogens (tertiary/aromatic N) is 1. The van der Waals surface area contributed by atoms with Gasteiger partial charge in [-0.1, -0.05) is 47.5 Å². The number of sulfonamides is 1. The molecule has 3 rings (SSSR count). The van der Waals surface area contributed by atoms with E-state index in [0.717, 1.165) is 11.8 Å². The summed E-state index contributed by atoms with van der Waals surface area (Å²) in [6.45, 7) is 0.336. The van der Waals surface area contributed by atoms with Crippen molar-refractivity contribution in [1.29, 1.82) is 0 Å². The predicted molar refractivity (Wildman–Crippen MR) is 135 cm³/mol. The minimum atomic E-state index is -3.64. The molecule has 3 aromatic rings. The molecule has 0 aliphatic carbocycles. The van der Waals surface area contributed by atoms with Crippen molar-refractivity contribution in [2.75, 3.05) is 24.8 Å². The number of amides is 1. The first-order valence-electron chi connectivity index (χ1n) is 10.1. The number of carbonyl (C=O) groups is 1. The molecule has 0 aromatic heterocycles. The summed E-state index contributed by atoms with van der Waals surface area (Å²) < 4.78 is 36.5. The van der Waals surface area contributed by atoms with E-state index in [4.69, 9.17) is 32.7 Å². The summed E-state index contributed by atoms with van der Waals surface area (Å²) in [5, 5.41) is 3.27. The first-order valence-corrected chi connectivity index (χ1v) is 12.7. The van der Waals surface area contributed by atoms with E-state index in [1.807, 2.05) is 6.07 Å². The first-order chi connectivity index (χ1) is 16.1. The zero-order valence-electron chi connectivity index (χ0n) is 18.8. The molecule has 0 saturated carbocycles. The van der Waals surface area contributed by atoms with E-state index in [2.05, 4.69) is 5.32 Å². The molecule has 0 bridgehead atoms. The minimum Gasteiger partial charge on any atom is -0.493 e. The van der Waals surface area contributed by atoms with Crippen molar-refractivity contribution in [3.8, 4) is 11.5 Å². The standard InChI is InChI=1S/C24H24Cl2N2O5S/c1-32-21-12-9-17(13-22(21)33-2)14-27-24(29)18-10-7-16(8-11-18)15-28(34(3,30)31)20-6-4-5-19(25)23(20)26/h4-13H,14-15H2,1-3H3,(H,27,29). The fourth-order valence-electron chi connectivity index (χ4n) is 3.27. The Kier molecular flexibility index (Phi) is 8.30. The van der Waals surface area contributed by atoms with Crippen LogP contribution in [0.3, 0.4) is 0 Å². The molecule has 0 unspecified atom stereocenters. The van der Waals surface area contributed by atoms with Crippen LogP contribution in [0, 0.1) is 0 Å². The normalized spacial score (nSPS) is 11.1. The summed E-state index contributed by atoms with van der Waals surface area (Å²) in [6.07, 6.45) is 1.10. The predicted octanol–water partition coefficient (Wildman–Crippen LogP) is 4.91. The third kappa shape index (κ3) is 6.14. The van der Waals surface area contributed by atoms with Crippen LogP contribution >= 0.6 is 23.2 Å². The molecule has 1 amide bonds. The molecule has 34 heavy (non-hydrogen) atoms. The van der Waals surface area contributed by atoms with Gasteiger partial charge in [0, 0.05) is 12.1 Å². The molecule has 7 nitrogen and oxygen atoms in total. The number of halogens is 2. The van der Waals surface area contributed by atoms with Gasteiger partial charge in [-0.15, -0.1) is 0 Å². The molecule has 0 heterocycles. The molecule has 0 spiro atoms. The second kappa shape index (κ2) is 11.0. The smallest absolute Gasteiger partial charge is 0.251 e. The van der Waals surface area contributed by atoms with Crippen LogP contribution in [0.25, 0.3) is 0 Å². The van der Waals surface area contributed by atoms with E-state index in [0.29, 0.717) is 29.2 Å². The lowest BCUT2D eigenvalue weighted by Gasteiger charge is -2.24. The van der Waals surface area contributed by atoms with Crippen LogP contribution in [0.2, 0.25) is 10.0 Å². The molecule has 0 aliphatic rings. The summed E-state index contributed by atoms with van der Waals surface area (Å²) in [4.78, 5) is 12.6. The van der Waals surface area contributed by atoms with Crippen LogP contribution < -0.4 is 19.1 Å². The first kappa shape index (κ1) is 25.7. The number of hydrogen-bond donors (Lipinski definition) is 1. The number of benzene rings is 3. The molecule has 180 valence electrons. The SMILES string of the molecule is COc1ccc(CNC(=O)c2ccc(CN(c3cccc(Cl)c3Cl)S(C)(=O)=O)cc2)cc1OC. The molecular weight excluding hydrogens is 499 g/mol. The van der Waals surface area contributed by atoms with Crippen LogP contribution in [-0.4, -0.2) is 34.8 Å². The highest BCUT2D eigenvalue weighted by atomic mass is 35.5. The van der Waals surface area contributed by atoms with Gasteiger partial charge in [-0.05, 0) is 47.5 Å². The maximum absolute atomic E-state index is 12.6. The Morgan fingerprint density at radius 1 is 0.941 bits per heavy atom. The number of carbonyl (C=O) groups excluding carboxylic acids is 1. The van der Waals surface area contributed by atoms with Crippen molar-refractivity contribution in [2.24, 2.45) is 0 Å². The molecule has 10 heteroatoms. The summed E-state index contributed by atoms with van der Waals surface area (Å²) in [7, 11) is -0.534. The molecule has 1 N–H and O–H groups in total. The number of hydrogen-bond acceptors (Lipinski definition) is 5.